The van der Waals surface area contributed by atoms with Gasteiger partial charge in [-0.05, 0) is 59.9 Å². The molecule has 1 aromatic heterocycles. The lowest BCUT2D eigenvalue weighted by molar-refractivity contribution is -0.150. The molecule has 1 fully saturated rings. The van der Waals surface area contributed by atoms with Gasteiger partial charge < -0.3 is 34.1 Å². The first-order chi connectivity index (χ1) is 23.3. The highest BCUT2D eigenvalue weighted by Gasteiger charge is 2.42. The zero-order valence-corrected chi connectivity index (χ0v) is 31.8. The Bertz CT molecular complexity index is 1700. The number of primary sulfonamides is 1. The molecule has 4 N–H and O–H groups in total. The molecular formula is C29H44N6O11S4. The SMILES string of the molecule is CCN(C(=O)COC(=O)/C=C\C(=O)O[C@@H](CNC(C)(C)C)COC(=N)/C(=N\S)N1CCOCC1)[C@H]1C[C@H](C)S(=O)(=O)c2sc(S(N)(=O)=O)cc21. The Morgan fingerprint density at radius 1 is 1.24 bits per heavy atom. The van der Waals surface area contributed by atoms with Crippen LogP contribution < -0.4 is 10.5 Å². The lowest BCUT2D eigenvalue weighted by Gasteiger charge is -2.35. The average Bonchev–Trinajstić information content (AvgIpc) is 3.52. The second-order valence-corrected chi connectivity index (χ2v) is 18.0. The Labute approximate surface area is 301 Å². The fraction of sp³-hybridized carbons (Fsp3) is 0.621. The Kier molecular flexibility index (Phi) is 14.4. The minimum absolute atomic E-state index is 0.0141. The number of sulfone groups is 1. The smallest absolute Gasteiger partial charge is 0.331 e. The van der Waals surface area contributed by atoms with Crippen LogP contribution in [0.3, 0.4) is 0 Å². The number of fused-ring (bicyclic) bond motifs is 1. The first kappa shape index (κ1) is 41.3. The van der Waals surface area contributed by atoms with Gasteiger partial charge in [0, 0.05) is 49.4 Å². The summed E-state index contributed by atoms with van der Waals surface area (Å²) >= 11 is 4.49. The zero-order chi connectivity index (χ0) is 37.4. The van der Waals surface area contributed by atoms with Gasteiger partial charge in [-0.25, -0.2) is 31.6 Å². The number of amides is 1. The normalized spacial score (nSPS) is 20.1. The van der Waals surface area contributed by atoms with Crippen molar-refractivity contribution in [1.29, 1.82) is 5.41 Å². The summed E-state index contributed by atoms with van der Waals surface area (Å²) in [7, 11) is -8.06. The van der Waals surface area contributed by atoms with E-state index in [9.17, 15) is 31.2 Å². The Morgan fingerprint density at radius 3 is 2.46 bits per heavy atom. The molecule has 0 aliphatic carbocycles. The molecule has 0 spiro atoms. The highest BCUT2D eigenvalue weighted by molar-refractivity contribution is 7.95. The number of rotatable bonds is 12. The van der Waals surface area contributed by atoms with Gasteiger partial charge >= 0.3 is 11.9 Å². The lowest BCUT2D eigenvalue weighted by Crippen LogP contribution is -2.46. The third kappa shape index (κ3) is 11.2. The second kappa shape index (κ2) is 17.4. The van der Waals surface area contributed by atoms with Crippen LogP contribution in [0.2, 0.25) is 0 Å². The molecule has 3 rings (SSSR count). The van der Waals surface area contributed by atoms with Crippen LogP contribution in [0.15, 0.2) is 31.0 Å². The standard InChI is InChI=1S/C29H44N6O11S4/c1-6-35(21-13-18(2)49(39,40)28-20(21)14-25(48-28)50(31,41)42)22(36)17-44-23(37)7-8-24(38)46-19(15-32-29(3,4)5)16-45-26(30)27(33-47)34-9-11-43-12-10-34/h7-8,14,18-19,21,30,32,47H,6,9-13,15-17H2,1-5H3,(H2,31,41,42)/b8-7-,30-26?,33-27+/t18-,19-,21-/m0/s1. The summed E-state index contributed by atoms with van der Waals surface area (Å²) in [5, 5.41) is 15.8. The summed E-state index contributed by atoms with van der Waals surface area (Å²) in [5.74, 6) is -2.68. The van der Waals surface area contributed by atoms with Crippen molar-refractivity contribution in [1.82, 2.24) is 15.1 Å². The number of hydrogen-bond donors (Lipinski definition) is 4. The largest absolute Gasteiger partial charge is 0.471 e. The third-order valence-corrected chi connectivity index (χ3v) is 13.1. The topological polar surface area (TPSA) is 237 Å². The number of thiol groups is 1. The van der Waals surface area contributed by atoms with Gasteiger partial charge in [0.05, 0.1) is 24.5 Å². The predicted molar refractivity (Wildman–Crippen MR) is 187 cm³/mol. The maximum absolute atomic E-state index is 13.2. The molecule has 0 radical (unpaired) electrons. The minimum Gasteiger partial charge on any atom is -0.471 e. The van der Waals surface area contributed by atoms with Gasteiger partial charge in [0.15, 0.2) is 22.3 Å². The fourth-order valence-corrected chi connectivity index (χ4v) is 9.62. The summed E-state index contributed by atoms with van der Waals surface area (Å²) in [5.41, 5.74) is -0.215. The van der Waals surface area contributed by atoms with Crippen molar-refractivity contribution in [2.45, 2.75) is 72.4 Å². The number of nitrogens with zero attached hydrogens (tertiary/aromatic N) is 3. The van der Waals surface area contributed by atoms with Gasteiger partial charge in [-0.15, -0.1) is 11.3 Å². The molecule has 3 atom stereocenters. The van der Waals surface area contributed by atoms with E-state index in [0.29, 0.717) is 37.6 Å². The Morgan fingerprint density at radius 2 is 1.88 bits per heavy atom. The molecule has 50 heavy (non-hydrogen) atoms. The van der Waals surface area contributed by atoms with E-state index in [2.05, 4.69) is 22.5 Å². The van der Waals surface area contributed by atoms with E-state index in [4.69, 9.17) is 29.5 Å². The number of likely N-dealkylation sites (N-methyl/N-ethyl adjacent to an activating group) is 1. The second-order valence-electron chi connectivity index (χ2n) is 12.4. The number of sulfonamides is 1. The summed E-state index contributed by atoms with van der Waals surface area (Å²) in [6.07, 6.45) is 0.720. The third-order valence-electron chi connectivity index (χ3n) is 7.58. The summed E-state index contributed by atoms with van der Waals surface area (Å²) in [6.45, 7) is 10.0. The van der Waals surface area contributed by atoms with Gasteiger partial charge in [-0.3, -0.25) is 10.2 Å². The monoisotopic (exact) mass is 780 g/mol. The molecule has 0 bridgehead atoms. The maximum atomic E-state index is 13.2. The molecule has 21 heteroatoms. The molecule has 1 amide bonds. The molecule has 17 nitrogen and oxygen atoms in total. The molecule has 2 aliphatic heterocycles. The van der Waals surface area contributed by atoms with Gasteiger partial charge in [0.2, 0.25) is 10.0 Å². The number of morpholine rings is 1. The molecule has 1 aromatic rings. The molecule has 0 aromatic carbocycles. The van der Waals surface area contributed by atoms with Crippen LogP contribution in [0.1, 0.15) is 52.6 Å². The predicted octanol–water partition coefficient (Wildman–Crippen LogP) is 0.820. The average molecular weight is 781 g/mol. The molecule has 3 heterocycles. The van der Waals surface area contributed by atoms with Gasteiger partial charge in [-0.1, -0.05) is 0 Å². The molecule has 2 aliphatic rings. The van der Waals surface area contributed by atoms with E-state index in [1.165, 1.54) is 11.8 Å². The highest BCUT2D eigenvalue weighted by Crippen LogP contribution is 2.45. The molecule has 1 saturated heterocycles. The van der Waals surface area contributed by atoms with Crippen molar-refractivity contribution in [2.75, 3.05) is 52.6 Å². The van der Waals surface area contributed by atoms with Crippen molar-refractivity contribution in [3.05, 3.63) is 23.8 Å². The minimum atomic E-state index is -4.21. The Hall–Kier alpha value is -3.08. The van der Waals surface area contributed by atoms with Crippen LogP contribution >= 0.6 is 24.2 Å². The van der Waals surface area contributed by atoms with Crippen LogP contribution in [0, 0.1) is 5.41 Å². The van der Waals surface area contributed by atoms with E-state index >= 15 is 0 Å². The summed E-state index contributed by atoms with van der Waals surface area (Å²) < 4.78 is 74.6. The number of nitrogens with one attached hydrogen (secondary N) is 2. The first-order valence-corrected chi connectivity index (χ1v) is 19.9. The lowest BCUT2D eigenvalue weighted by atomic mass is 10.0. The number of hydrogen-bond acceptors (Lipinski definition) is 16. The van der Waals surface area contributed by atoms with E-state index in [1.54, 1.807) is 11.8 Å². The van der Waals surface area contributed by atoms with E-state index in [1.807, 2.05) is 20.8 Å². The number of ether oxygens (including phenoxy) is 4. The van der Waals surface area contributed by atoms with Crippen LogP contribution in [-0.2, 0) is 53.2 Å². The quantitative estimate of drug-likeness (QED) is 0.0757. The Balaban J connectivity index is 1.61. The first-order valence-electron chi connectivity index (χ1n) is 15.5. The molecule has 0 saturated carbocycles. The van der Waals surface area contributed by atoms with Crippen molar-refractivity contribution < 1.29 is 50.2 Å². The number of esters is 2. The van der Waals surface area contributed by atoms with Crippen molar-refractivity contribution in [3.8, 4) is 0 Å². The number of carbonyl (C=O) groups is 3. The van der Waals surface area contributed by atoms with E-state index in [0.717, 1.165) is 18.2 Å². The summed E-state index contributed by atoms with van der Waals surface area (Å²) in [4.78, 5) is 41.4. The van der Waals surface area contributed by atoms with Crippen molar-refractivity contribution in [2.24, 2.45) is 9.54 Å². The molecular weight excluding hydrogens is 737 g/mol. The number of amidine groups is 1. The zero-order valence-electron chi connectivity index (χ0n) is 28.4. The van der Waals surface area contributed by atoms with Crippen LogP contribution in [0.25, 0.3) is 0 Å². The van der Waals surface area contributed by atoms with Crippen molar-refractivity contribution in [3.63, 3.8) is 0 Å². The fourth-order valence-electron chi connectivity index (χ4n) is 5.00. The van der Waals surface area contributed by atoms with Crippen molar-refractivity contribution >= 4 is 73.6 Å². The number of nitrogens with two attached hydrogens (primary N) is 1. The number of carbonyl (C=O) groups excluding carboxylic acids is 3. The van der Waals surface area contributed by atoms with Crippen LogP contribution in [0.4, 0.5) is 0 Å². The van der Waals surface area contributed by atoms with Gasteiger partial charge in [0.25, 0.3) is 11.8 Å². The van der Waals surface area contributed by atoms with Crippen LogP contribution in [0.5, 0.6) is 0 Å². The highest BCUT2D eigenvalue weighted by atomic mass is 32.3. The van der Waals surface area contributed by atoms with E-state index < -0.39 is 61.7 Å². The maximum Gasteiger partial charge on any atom is 0.331 e. The van der Waals surface area contributed by atoms with Gasteiger partial charge in [-0.2, -0.15) is 4.40 Å². The van der Waals surface area contributed by atoms with Crippen LogP contribution in [-0.4, -0.2) is 126 Å². The van der Waals surface area contributed by atoms with E-state index in [-0.39, 0.29) is 57.4 Å². The molecule has 280 valence electrons. The number of thiophene rings is 1. The molecule has 0 unspecified atom stereocenters. The van der Waals surface area contributed by atoms with Gasteiger partial charge in [0.1, 0.15) is 21.1 Å². The summed E-state index contributed by atoms with van der Waals surface area (Å²) in [6, 6.07) is 0.345.